The summed E-state index contributed by atoms with van der Waals surface area (Å²) in [6.07, 6.45) is 1.79. The standard InChI is InChI=1S/C12H13ClF2/c1-7-9(4-5-11(7)13)10-3-2-8(14)6-12(10)15/h2-3,6-7,9,11H,4-5H2,1H3. The van der Waals surface area contributed by atoms with E-state index in [0.29, 0.717) is 5.56 Å². The van der Waals surface area contributed by atoms with Gasteiger partial charge in [-0.2, -0.15) is 0 Å². The van der Waals surface area contributed by atoms with Crippen LogP contribution in [-0.2, 0) is 0 Å². The Morgan fingerprint density at radius 1 is 1.27 bits per heavy atom. The van der Waals surface area contributed by atoms with Crippen LogP contribution in [0.5, 0.6) is 0 Å². The summed E-state index contributed by atoms with van der Waals surface area (Å²) >= 11 is 6.09. The van der Waals surface area contributed by atoms with E-state index in [1.165, 1.54) is 6.07 Å². The Labute approximate surface area is 93.2 Å². The molecule has 1 fully saturated rings. The van der Waals surface area contributed by atoms with E-state index in [4.69, 9.17) is 11.6 Å². The van der Waals surface area contributed by atoms with Crippen molar-refractivity contribution in [1.29, 1.82) is 0 Å². The van der Waals surface area contributed by atoms with Crippen molar-refractivity contribution in [3.63, 3.8) is 0 Å². The average Bonchev–Trinajstić information content (AvgIpc) is 2.49. The third-order valence-corrected chi connectivity index (χ3v) is 3.94. The first-order valence-corrected chi connectivity index (χ1v) is 5.62. The SMILES string of the molecule is CC1C(Cl)CCC1c1ccc(F)cc1F. The van der Waals surface area contributed by atoms with Crippen molar-refractivity contribution in [2.45, 2.75) is 31.1 Å². The van der Waals surface area contributed by atoms with Gasteiger partial charge in [-0.15, -0.1) is 11.6 Å². The molecule has 1 aliphatic carbocycles. The van der Waals surface area contributed by atoms with Gasteiger partial charge in [-0.05, 0) is 36.3 Å². The lowest BCUT2D eigenvalue weighted by molar-refractivity contribution is 0.497. The van der Waals surface area contributed by atoms with Crippen molar-refractivity contribution >= 4 is 11.6 Å². The van der Waals surface area contributed by atoms with Crippen molar-refractivity contribution < 1.29 is 8.78 Å². The molecule has 0 saturated heterocycles. The third kappa shape index (κ3) is 2.00. The number of hydrogen-bond acceptors (Lipinski definition) is 0. The molecule has 3 atom stereocenters. The highest BCUT2D eigenvalue weighted by molar-refractivity contribution is 6.21. The van der Waals surface area contributed by atoms with Crippen molar-refractivity contribution in [2.24, 2.45) is 5.92 Å². The second-order valence-electron chi connectivity index (χ2n) is 4.22. The fourth-order valence-electron chi connectivity index (χ4n) is 2.36. The van der Waals surface area contributed by atoms with Crippen molar-refractivity contribution in [2.75, 3.05) is 0 Å². The topological polar surface area (TPSA) is 0 Å². The molecule has 0 bridgehead atoms. The number of halogens is 3. The lowest BCUT2D eigenvalue weighted by atomic mass is 9.90. The molecule has 0 radical (unpaired) electrons. The first kappa shape index (κ1) is 10.9. The minimum absolute atomic E-state index is 0.111. The highest BCUT2D eigenvalue weighted by atomic mass is 35.5. The van der Waals surface area contributed by atoms with E-state index < -0.39 is 11.6 Å². The van der Waals surface area contributed by atoms with Gasteiger partial charge in [0, 0.05) is 11.4 Å². The van der Waals surface area contributed by atoms with Crippen LogP contribution in [0.1, 0.15) is 31.2 Å². The Morgan fingerprint density at radius 3 is 2.53 bits per heavy atom. The summed E-state index contributed by atoms with van der Waals surface area (Å²) in [5.74, 6) is -0.582. The number of hydrogen-bond donors (Lipinski definition) is 0. The molecule has 0 aliphatic heterocycles. The Balaban J connectivity index is 2.30. The van der Waals surface area contributed by atoms with Gasteiger partial charge in [0.25, 0.3) is 0 Å². The maximum absolute atomic E-state index is 13.5. The smallest absolute Gasteiger partial charge is 0.129 e. The van der Waals surface area contributed by atoms with E-state index in [9.17, 15) is 8.78 Å². The maximum Gasteiger partial charge on any atom is 0.129 e. The van der Waals surface area contributed by atoms with E-state index in [1.807, 2.05) is 6.92 Å². The van der Waals surface area contributed by atoms with E-state index in [0.717, 1.165) is 18.9 Å². The second kappa shape index (κ2) is 4.09. The first-order chi connectivity index (χ1) is 7.09. The zero-order valence-corrected chi connectivity index (χ0v) is 9.27. The van der Waals surface area contributed by atoms with E-state index in [2.05, 4.69) is 0 Å². The highest BCUT2D eigenvalue weighted by Gasteiger charge is 2.33. The lowest BCUT2D eigenvalue weighted by Crippen LogP contribution is -2.10. The van der Waals surface area contributed by atoms with Crippen LogP contribution >= 0.6 is 11.6 Å². The molecule has 0 spiro atoms. The average molecular weight is 231 g/mol. The Bertz CT molecular complexity index is 365. The van der Waals surface area contributed by atoms with Gasteiger partial charge in [0.2, 0.25) is 0 Å². The summed E-state index contributed by atoms with van der Waals surface area (Å²) in [5, 5.41) is 0.111. The van der Waals surface area contributed by atoms with Crippen LogP contribution in [0, 0.1) is 17.6 Å². The number of benzene rings is 1. The monoisotopic (exact) mass is 230 g/mol. The quantitative estimate of drug-likeness (QED) is 0.638. The van der Waals surface area contributed by atoms with Crippen LogP contribution in [-0.4, -0.2) is 5.38 Å². The molecular formula is C12H13ClF2. The Hall–Kier alpha value is -0.630. The van der Waals surface area contributed by atoms with Crippen molar-refractivity contribution in [1.82, 2.24) is 0 Å². The van der Waals surface area contributed by atoms with Gasteiger partial charge in [-0.25, -0.2) is 8.78 Å². The normalized spacial score (nSPS) is 30.8. The molecule has 3 heteroatoms. The molecule has 3 unspecified atom stereocenters. The molecule has 1 aromatic carbocycles. The van der Waals surface area contributed by atoms with Crippen molar-refractivity contribution in [3.8, 4) is 0 Å². The molecule has 1 saturated carbocycles. The summed E-state index contributed by atoms with van der Waals surface area (Å²) in [4.78, 5) is 0. The molecule has 0 amide bonds. The summed E-state index contributed by atoms with van der Waals surface area (Å²) < 4.78 is 26.3. The van der Waals surface area contributed by atoms with E-state index in [1.54, 1.807) is 6.07 Å². The minimum atomic E-state index is -0.524. The summed E-state index contributed by atoms with van der Waals surface area (Å²) in [6, 6.07) is 3.80. The molecule has 15 heavy (non-hydrogen) atoms. The first-order valence-electron chi connectivity index (χ1n) is 5.18. The largest absolute Gasteiger partial charge is 0.207 e. The molecule has 0 nitrogen and oxygen atoms in total. The summed E-state index contributed by atoms with van der Waals surface area (Å²) in [6.45, 7) is 2.03. The molecule has 0 N–H and O–H groups in total. The summed E-state index contributed by atoms with van der Waals surface area (Å²) in [7, 11) is 0. The molecule has 2 rings (SSSR count). The number of alkyl halides is 1. The highest BCUT2D eigenvalue weighted by Crippen LogP contribution is 2.42. The zero-order valence-electron chi connectivity index (χ0n) is 8.51. The van der Waals surface area contributed by atoms with Gasteiger partial charge in [0.05, 0.1) is 0 Å². The second-order valence-corrected chi connectivity index (χ2v) is 4.79. The maximum atomic E-state index is 13.5. The predicted octanol–water partition coefficient (Wildman–Crippen LogP) is 4.09. The van der Waals surface area contributed by atoms with Crippen LogP contribution in [0.2, 0.25) is 0 Å². The minimum Gasteiger partial charge on any atom is -0.207 e. The number of rotatable bonds is 1. The van der Waals surface area contributed by atoms with Gasteiger partial charge in [0.1, 0.15) is 11.6 Å². The van der Waals surface area contributed by atoms with Gasteiger partial charge in [-0.3, -0.25) is 0 Å². The van der Waals surface area contributed by atoms with Crippen LogP contribution in [0.25, 0.3) is 0 Å². The molecule has 82 valence electrons. The zero-order chi connectivity index (χ0) is 11.0. The molecule has 1 aliphatic rings. The molecule has 0 aromatic heterocycles. The fourth-order valence-corrected chi connectivity index (χ4v) is 2.66. The lowest BCUT2D eigenvalue weighted by Gasteiger charge is -2.18. The summed E-state index contributed by atoms with van der Waals surface area (Å²) in [5.41, 5.74) is 0.604. The van der Waals surface area contributed by atoms with Crippen LogP contribution < -0.4 is 0 Å². The molecule has 1 aromatic rings. The van der Waals surface area contributed by atoms with Crippen molar-refractivity contribution in [3.05, 3.63) is 35.4 Å². The van der Waals surface area contributed by atoms with E-state index >= 15 is 0 Å². The molecule has 0 heterocycles. The van der Waals surface area contributed by atoms with E-state index in [-0.39, 0.29) is 17.2 Å². The van der Waals surface area contributed by atoms with Crippen LogP contribution in [0.4, 0.5) is 8.78 Å². The Morgan fingerprint density at radius 2 is 2.00 bits per heavy atom. The Kier molecular flexibility index (Phi) is 2.96. The molecular weight excluding hydrogens is 218 g/mol. The third-order valence-electron chi connectivity index (χ3n) is 3.32. The van der Waals surface area contributed by atoms with Gasteiger partial charge in [-0.1, -0.05) is 13.0 Å². The fraction of sp³-hybridized carbons (Fsp3) is 0.500. The van der Waals surface area contributed by atoms with Crippen LogP contribution in [0.15, 0.2) is 18.2 Å². The predicted molar refractivity (Wildman–Crippen MR) is 57.1 cm³/mol. The van der Waals surface area contributed by atoms with Gasteiger partial charge in [0.15, 0.2) is 0 Å². The van der Waals surface area contributed by atoms with Gasteiger partial charge < -0.3 is 0 Å². The van der Waals surface area contributed by atoms with Gasteiger partial charge >= 0.3 is 0 Å². The van der Waals surface area contributed by atoms with Crippen LogP contribution in [0.3, 0.4) is 0 Å².